The van der Waals surface area contributed by atoms with Crippen LogP contribution in [0.1, 0.15) is 168 Å². The number of hydrogen-bond donors (Lipinski definition) is 0. The highest BCUT2D eigenvalue weighted by atomic mass is 16.1. The Morgan fingerprint density at radius 3 is 0.819 bits per heavy atom. The van der Waals surface area contributed by atoms with Crippen LogP contribution in [0, 0.1) is 0 Å². The molecule has 0 bridgehead atoms. The van der Waals surface area contributed by atoms with Gasteiger partial charge in [0.05, 0.1) is 0 Å². The van der Waals surface area contributed by atoms with Gasteiger partial charge in [0.15, 0.2) is 5.78 Å². The van der Waals surface area contributed by atoms with E-state index in [0.717, 1.165) is 11.4 Å². The van der Waals surface area contributed by atoms with Crippen molar-refractivity contribution in [3.8, 4) is 0 Å². The van der Waals surface area contributed by atoms with Crippen LogP contribution in [0.15, 0.2) is 170 Å². The largest absolute Gasteiger partial charge is 0.312 e. The van der Waals surface area contributed by atoms with E-state index in [1.54, 1.807) is 0 Å². The number of para-hydroxylation sites is 4. The first-order valence-corrected chi connectivity index (χ1v) is 26.7. The molecule has 0 spiro atoms. The number of nitrogens with zero attached hydrogens (tertiary/aromatic N) is 2. The molecule has 5 heteroatoms. The van der Waals surface area contributed by atoms with E-state index in [1.165, 1.54) is 88.9 Å². The van der Waals surface area contributed by atoms with E-state index >= 15 is 0 Å². The molecule has 0 atom stereocenters. The number of anilines is 6. The van der Waals surface area contributed by atoms with Crippen LogP contribution in [0.2, 0.25) is 0 Å². The van der Waals surface area contributed by atoms with Gasteiger partial charge >= 0.3 is 0 Å². The molecule has 0 amide bonds. The highest BCUT2D eigenvalue weighted by Gasteiger charge is 2.40. The lowest BCUT2D eigenvalue weighted by Crippen LogP contribution is -2.59. The van der Waals surface area contributed by atoms with Gasteiger partial charge < -0.3 is 9.80 Å². The monoisotopic (exact) mass is 941 g/mol. The molecule has 8 aromatic carbocycles. The van der Waals surface area contributed by atoms with Crippen LogP contribution in [0.25, 0.3) is 0 Å². The van der Waals surface area contributed by atoms with Gasteiger partial charge in [-0.05, 0) is 164 Å². The molecule has 0 saturated heterocycles. The zero-order valence-electron chi connectivity index (χ0n) is 44.6. The minimum Gasteiger partial charge on any atom is -0.312 e. The van der Waals surface area contributed by atoms with Gasteiger partial charge in [-0.15, -0.1) is 0 Å². The number of rotatable bonds is 12. The van der Waals surface area contributed by atoms with E-state index in [-0.39, 0.29) is 19.2 Å². The van der Waals surface area contributed by atoms with Crippen LogP contribution in [0.4, 0.5) is 34.1 Å². The predicted octanol–water partition coefficient (Wildman–Crippen LogP) is 14.3. The summed E-state index contributed by atoms with van der Waals surface area (Å²) in [6.07, 6.45) is 0. The topological polar surface area (TPSA) is 23.6 Å². The molecule has 0 unspecified atom stereocenters. The molecular formula is C67H70B2N2O. The minimum absolute atomic E-state index is 0.00617. The van der Waals surface area contributed by atoms with Gasteiger partial charge in [-0.3, -0.25) is 4.79 Å². The SMILES string of the molecule is CC(C)c1cc(C(C)C)c(B2c3ccccc3N(c3ccc(C(=O)c4ccc(N5c6ccccc6B(c6c(C(C)C)cc(C(C)C)cc6C(C)C)c6ccccc65)cc4)cc3)c3ccccc32)c(C(C)C)c1. The van der Waals surface area contributed by atoms with E-state index in [9.17, 15) is 4.79 Å². The Morgan fingerprint density at radius 2 is 0.583 bits per heavy atom. The third-order valence-corrected chi connectivity index (χ3v) is 15.7. The van der Waals surface area contributed by atoms with Crippen molar-refractivity contribution in [1.29, 1.82) is 0 Å². The molecule has 2 heterocycles. The van der Waals surface area contributed by atoms with Crippen molar-refractivity contribution in [1.82, 2.24) is 0 Å². The lowest BCUT2D eigenvalue weighted by atomic mass is 9.33. The molecule has 360 valence electrons. The standard InChI is InChI=1S/C67H70B2N2O/c1-41(2)49-37-53(43(5)6)65(54(38-49)44(7)8)68-57-21-13-17-25-61(57)70(62-26-18-14-22-58(62)68)51-33-29-47(30-34-51)67(72)48-31-35-52(36-32-48)71-63-27-19-15-23-59(63)69(60-24-16-20-28-64(60)71)66-55(45(9)10)39-50(42(3)4)40-56(66)46(11)12/h13-46H,1-12H3. The van der Waals surface area contributed by atoms with Crippen molar-refractivity contribution in [2.75, 3.05) is 9.80 Å². The Bertz CT molecular complexity index is 2930. The summed E-state index contributed by atoms with van der Waals surface area (Å²) >= 11 is 0. The summed E-state index contributed by atoms with van der Waals surface area (Å²) < 4.78 is 0. The number of hydrogen-bond acceptors (Lipinski definition) is 3. The van der Waals surface area contributed by atoms with Gasteiger partial charge in [0.25, 0.3) is 0 Å². The zero-order valence-corrected chi connectivity index (χ0v) is 44.6. The highest BCUT2D eigenvalue weighted by Crippen LogP contribution is 2.40. The average Bonchev–Trinajstić information content (AvgIpc) is 3.38. The zero-order chi connectivity index (χ0) is 50.7. The van der Waals surface area contributed by atoms with E-state index in [1.807, 2.05) is 24.3 Å². The molecule has 0 radical (unpaired) electrons. The van der Waals surface area contributed by atoms with Crippen LogP contribution in [0.3, 0.4) is 0 Å². The van der Waals surface area contributed by atoms with Crippen LogP contribution in [-0.4, -0.2) is 19.2 Å². The molecule has 72 heavy (non-hydrogen) atoms. The molecule has 0 saturated carbocycles. The normalized spacial score (nSPS) is 13.1. The number of carbonyl (C=O) groups is 1. The van der Waals surface area contributed by atoms with E-state index in [2.05, 4.69) is 238 Å². The minimum atomic E-state index is 0.00617. The van der Waals surface area contributed by atoms with Crippen LogP contribution < -0.4 is 42.6 Å². The molecule has 2 aliphatic heterocycles. The fraction of sp³-hybridized carbons (Fsp3) is 0.269. The second-order valence-corrected chi connectivity index (χ2v) is 22.3. The summed E-state index contributed by atoms with van der Waals surface area (Å²) in [5.41, 5.74) is 24.7. The van der Waals surface area contributed by atoms with Crippen molar-refractivity contribution in [2.45, 2.75) is 119 Å². The van der Waals surface area contributed by atoms with Gasteiger partial charge in [-0.25, -0.2) is 0 Å². The molecular weight excluding hydrogens is 870 g/mol. The van der Waals surface area contributed by atoms with Gasteiger partial charge in [0.1, 0.15) is 0 Å². The van der Waals surface area contributed by atoms with Crippen molar-refractivity contribution in [3.05, 3.63) is 214 Å². The predicted molar refractivity (Wildman–Crippen MR) is 312 cm³/mol. The maximum absolute atomic E-state index is 14.5. The lowest BCUT2D eigenvalue weighted by Gasteiger charge is -2.39. The molecule has 0 aliphatic carbocycles. The van der Waals surface area contributed by atoms with Crippen LogP contribution in [-0.2, 0) is 0 Å². The first kappa shape index (κ1) is 48.8. The molecule has 0 aromatic heterocycles. The van der Waals surface area contributed by atoms with E-state index < -0.39 is 0 Å². The van der Waals surface area contributed by atoms with Crippen molar-refractivity contribution in [2.24, 2.45) is 0 Å². The Hall–Kier alpha value is -6.84. The maximum atomic E-state index is 14.5. The lowest BCUT2D eigenvalue weighted by molar-refractivity contribution is 0.103. The van der Waals surface area contributed by atoms with Gasteiger partial charge in [0.2, 0.25) is 13.4 Å². The van der Waals surface area contributed by atoms with Crippen LogP contribution in [0.5, 0.6) is 0 Å². The molecule has 8 aromatic rings. The number of carbonyl (C=O) groups excluding carboxylic acids is 1. The third kappa shape index (κ3) is 8.53. The third-order valence-electron chi connectivity index (χ3n) is 15.7. The molecule has 3 nitrogen and oxygen atoms in total. The molecule has 2 aliphatic rings. The maximum Gasteiger partial charge on any atom is 0.247 e. The Labute approximate surface area is 431 Å². The van der Waals surface area contributed by atoms with Crippen LogP contribution >= 0.6 is 0 Å². The summed E-state index contributed by atoms with van der Waals surface area (Å²) in [5, 5.41) is 0. The Balaban J connectivity index is 0.985. The average molecular weight is 941 g/mol. The molecule has 0 N–H and O–H groups in total. The Morgan fingerprint density at radius 1 is 0.333 bits per heavy atom. The van der Waals surface area contributed by atoms with E-state index in [0.29, 0.717) is 46.6 Å². The summed E-state index contributed by atoms with van der Waals surface area (Å²) in [6, 6.07) is 62.2. The first-order valence-electron chi connectivity index (χ1n) is 26.7. The fourth-order valence-electron chi connectivity index (χ4n) is 11.9. The van der Waals surface area contributed by atoms with Crippen molar-refractivity contribution >= 4 is 86.1 Å². The van der Waals surface area contributed by atoms with Gasteiger partial charge in [-0.1, -0.05) is 191 Å². The van der Waals surface area contributed by atoms with Gasteiger partial charge in [-0.2, -0.15) is 0 Å². The number of fused-ring (bicyclic) bond motifs is 4. The van der Waals surface area contributed by atoms with Gasteiger partial charge in [0, 0.05) is 45.3 Å². The summed E-state index contributed by atoms with van der Waals surface area (Å²) in [4.78, 5) is 19.3. The number of benzene rings is 8. The smallest absolute Gasteiger partial charge is 0.247 e. The quantitative estimate of drug-likeness (QED) is 0.0901. The molecule has 10 rings (SSSR count). The van der Waals surface area contributed by atoms with Crippen molar-refractivity contribution < 1.29 is 4.79 Å². The highest BCUT2D eigenvalue weighted by molar-refractivity contribution is 6.99. The first-order chi connectivity index (χ1) is 34.6. The fourth-order valence-corrected chi connectivity index (χ4v) is 11.9. The van der Waals surface area contributed by atoms with E-state index in [4.69, 9.17) is 0 Å². The number of ketones is 1. The summed E-state index contributed by atoms with van der Waals surface area (Å²) in [5.74, 6) is 2.39. The summed E-state index contributed by atoms with van der Waals surface area (Å²) in [6.45, 7) is 28.1. The Kier molecular flexibility index (Phi) is 13.3. The second kappa shape index (κ2) is 19.6. The van der Waals surface area contributed by atoms with Crippen molar-refractivity contribution in [3.63, 3.8) is 0 Å². The summed E-state index contributed by atoms with van der Waals surface area (Å²) in [7, 11) is 0. The molecule has 0 fully saturated rings. The second-order valence-electron chi connectivity index (χ2n) is 22.3.